The number of piperidine rings is 1. The van der Waals surface area contributed by atoms with E-state index in [-0.39, 0.29) is 19.0 Å². The zero-order valence-electron chi connectivity index (χ0n) is 11.0. The fourth-order valence-electron chi connectivity index (χ4n) is 2.76. The minimum absolute atomic E-state index is 0.0687. The molecule has 0 aromatic heterocycles. The highest BCUT2D eigenvalue weighted by Gasteiger charge is 2.30. The van der Waals surface area contributed by atoms with Crippen molar-refractivity contribution in [3.63, 3.8) is 0 Å². The van der Waals surface area contributed by atoms with E-state index in [0.29, 0.717) is 18.6 Å². The molecule has 1 N–H and O–H groups in total. The third-order valence-corrected chi connectivity index (χ3v) is 3.82. The number of aliphatic hydroxyl groups excluding tert-OH is 1. The van der Waals surface area contributed by atoms with Crippen LogP contribution in [0.5, 0.6) is 0 Å². The summed E-state index contributed by atoms with van der Waals surface area (Å²) in [5.41, 5.74) is 0. The Kier molecular flexibility index (Phi) is 4.79. The molecule has 100 valence electrons. The smallest absolute Gasteiger partial charge is 0.158 e. The quantitative estimate of drug-likeness (QED) is 0.806. The van der Waals surface area contributed by atoms with Crippen LogP contribution in [0.2, 0.25) is 0 Å². The normalized spacial score (nSPS) is 35.6. The molecule has 0 radical (unpaired) electrons. The summed E-state index contributed by atoms with van der Waals surface area (Å²) in [6.45, 7) is 7.50. The van der Waals surface area contributed by atoms with Gasteiger partial charge in [0.2, 0.25) is 0 Å². The van der Waals surface area contributed by atoms with E-state index in [9.17, 15) is 0 Å². The topological polar surface area (TPSA) is 41.9 Å². The number of hydrogen-bond acceptors (Lipinski definition) is 4. The lowest BCUT2D eigenvalue weighted by Gasteiger charge is -2.36. The maximum absolute atomic E-state index is 8.99. The fraction of sp³-hybridized carbons (Fsp3) is 1.00. The van der Waals surface area contributed by atoms with Gasteiger partial charge in [0.05, 0.1) is 13.2 Å². The molecular formula is C13H25NO3. The number of hydrogen-bond donors (Lipinski definition) is 1. The van der Waals surface area contributed by atoms with Gasteiger partial charge >= 0.3 is 0 Å². The Hall–Kier alpha value is -0.160. The van der Waals surface area contributed by atoms with Crippen molar-refractivity contribution in [1.29, 1.82) is 0 Å². The Morgan fingerprint density at radius 1 is 1.41 bits per heavy atom. The maximum atomic E-state index is 8.99. The standard InChI is InChI=1S/C13H25NO3/c1-10(2)14-5-3-4-11(7-14)6-13-16-9-12(8-15)17-13/h10-13,15H,3-9H2,1-2H3. The van der Waals surface area contributed by atoms with Crippen LogP contribution in [0.25, 0.3) is 0 Å². The second-order valence-electron chi connectivity index (χ2n) is 5.54. The summed E-state index contributed by atoms with van der Waals surface area (Å²) in [6, 6.07) is 0.633. The monoisotopic (exact) mass is 243 g/mol. The van der Waals surface area contributed by atoms with Gasteiger partial charge in [-0.25, -0.2) is 0 Å². The molecule has 2 rings (SSSR count). The van der Waals surface area contributed by atoms with Gasteiger partial charge in [-0.15, -0.1) is 0 Å². The summed E-state index contributed by atoms with van der Waals surface area (Å²) in [5, 5.41) is 8.99. The van der Waals surface area contributed by atoms with E-state index >= 15 is 0 Å². The van der Waals surface area contributed by atoms with Crippen molar-refractivity contribution in [3.8, 4) is 0 Å². The molecule has 4 heteroatoms. The van der Waals surface area contributed by atoms with Crippen molar-refractivity contribution < 1.29 is 14.6 Å². The Bertz CT molecular complexity index is 235. The van der Waals surface area contributed by atoms with E-state index in [2.05, 4.69) is 18.7 Å². The molecule has 2 aliphatic rings. The Labute approximate surface area is 104 Å². The highest BCUT2D eigenvalue weighted by Crippen LogP contribution is 2.26. The number of nitrogens with zero attached hydrogens (tertiary/aromatic N) is 1. The van der Waals surface area contributed by atoms with E-state index in [1.807, 2.05) is 0 Å². The SMILES string of the molecule is CC(C)N1CCCC(CC2OCC(CO)O2)C1. The number of likely N-dealkylation sites (tertiary alicyclic amines) is 1. The van der Waals surface area contributed by atoms with Crippen LogP contribution in [0.1, 0.15) is 33.1 Å². The van der Waals surface area contributed by atoms with Crippen molar-refractivity contribution in [3.05, 3.63) is 0 Å². The average molecular weight is 243 g/mol. The van der Waals surface area contributed by atoms with Crippen molar-refractivity contribution in [2.24, 2.45) is 5.92 Å². The molecule has 0 saturated carbocycles. The first kappa shape index (κ1) is 13.3. The Morgan fingerprint density at radius 3 is 2.88 bits per heavy atom. The van der Waals surface area contributed by atoms with E-state index in [1.165, 1.54) is 19.4 Å². The lowest BCUT2D eigenvalue weighted by molar-refractivity contribution is -0.0831. The maximum Gasteiger partial charge on any atom is 0.158 e. The molecule has 3 atom stereocenters. The Morgan fingerprint density at radius 2 is 2.24 bits per heavy atom. The van der Waals surface area contributed by atoms with Gasteiger partial charge < -0.3 is 19.5 Å². The van der Waals surface area contributed by atoms with E-state index in [0.717, 1.165) is 13.0 Å². The fourth-order valence-corrected chi connectivity index (χ4v) is 2.76. The largest absolute Gasteiger partial charge is 0.394 e. The minimum Gasteiger partial charge on any atom is -0.394 e. The molecule has 0 aromatic rings. The van der Waals surface area contributed by atoms with Crippen LogP contribution in [0, 0.1) is 5.92 Å². The molecule has 17 heavy (non-hydrogen) atoms. The van der Waals surface area contributed by atoms with Crippen molar-refractivity contribution in [2.45, 2.75) is 51.5 Å². The second kappa shape index (κ2) is 6.14. The first-order chi connectivity index (χ1) is 8.19. The summed E-state index contributed by atoms with van der Waals surface area (Å²) >= 11 is 0. The predicted molar refractivity (Wildman–Crippen MR) is 65.7 cm³/mol. The molecule has 4 nitrogen and oxygen atoms in total. The van der Waals surface area contributed by atoms with Crippen molar-refractivity contribution >= 4 is 0 Å². The van der Waals surface area contributed by atoms with Crippen molar-refractivity contribution in [1.82, 2.24) is 4.90 Å². The van der Waals surface area contributed by atoms with Gasteiger partial charge in [-0.05, 0) is 39.2 Å². The van der Waals surface area contributed by atoms with Gasteiger partial charge in [0.15, 0.2) is 6.29 Å². The van der Waals surface area contributed by atoms with Crippen LogP contribution in [0.15, 0.2) is 0 Å². The zero-order chi connectivity index (χ0) is 12.3. The zero-order valence-corrected chi connectivity index (χ0v) is 11.0. The molecule has 0 amide bonds. The summed E-state index contributed by atoms with van der Waals surface area (Å²) in [4.78, 5) is 2.53. The molecule has 0 bridgehead atoms. The molecule has 2 saturated heterocycles. The molecular weight excluding hydrogens is 218 g/mol. The molecule has 3 unspecified atom stereocenters. The van der Waals surface area contributed by atoms with Gasteiger partial charge in [-0.2, -0.15) is 0 Å². The summed E-state index contributed by atoms with van der Waals surface area (Å²) in [5.74, 6) is 0.675. The molecule has 0 spiro atoms. The summed E-state index contributed by atoms with van der Waals surface area (Å²) < 4.78 is 11.2. The van der Waals surface area contributed by atoms with Crippen LogP contribution in [-0.4, -0.2) is 54.7 Å². The number of aliphatic hydroxyl groups is 1. The van der Waals surface area contributed by atoms with Crippen LogP contribution < -0.4 is 0 Å². The lowest BCUT2D eigenvalue weighted by atomic mass is 9.94. The number of ether oxygens (including phenoxy) is 2. The van der Waals surface area contributed by atoms with Crippen LogP contribution in [0.4, 0.5) is 0 Å². The van der Waals surface area contributed by atoms with E-state index in [1.54, 1.807) is 0 Å². The van der Waals surface area contributed by atoms with E-state index in [4.69, 9.17) is 14.6 Å². The highest BCUT2D eigenvalue weighted by molar-refractivity contribution is 4.77. The molecule has 0 aliphatic carbocycles. The second-order valence-corrected chi connectivity index (χ2v) is 5.54. The first-order valence-corrected chi connectivity index (χ1v) is 6.81. The van der Waals surface area contributed by atoms with Crippen LogP contribution in [0.3, 0.4) is 0 Å². The highest BCUT2D eigenvalue weighted by atomic mass is 16.7. The van der Waals surface area contributed by atoms with Gasteiger partial charge in [0, 0.05) is 19.0 Å². The Balaban J connectivity index is 1.75. The van der Waals surface area contributed by atoms with Crippen LogP contribution in [-0.2, 0) is 9.47 Å². The lowest BCUT2D eigenvalue weighted by Crippen LogP contribution is -2.40. The van der Waals surface area contributed by atoms with Crippen molar-refractivity contribution in [2.75, 3.05) is 26.3 Å². The van der Waals surface area contributed by atoms with Gasteiger partial charge in [-0.3, -0.25) is 0 Å². The first-order valence-electron chi connectivity index (χ1n) is 6.81. The third kappa shape index (κ3) is 3.65. The third-order valence-electron chi connectivity index (χ3n) is 3.82. The number of rotatable bonds is 4. The van der Waals surface area contributed by atoms with Gasteiger partial charge in [0.25, 0.3) is 0 Å². The summed E-state index contributed by atoms with van der Waals surface area (Å²) in [6.07, 6.45) is 3.32. The molecule has 0 aromatic carbocycles. The van der Waals surface area contributed by atoms with Gasteiger partial charge in [-0.1, -0.05) is 0 Å². The predicted octanol–water partition coefficient (Wildman–Crippen LogP) is 1.23. The van der Waals surface area contributed by atoms with Crippen LogP contribution >= 0.6 is 0 Å². The molecule has 2 aliphatic heterocycles. The minimum atomic E-state index is -0.107. The van der Waals surface area contributed by atoms with E-state index < -0.39 is 0 Å². The van der Waals surface area contributed by atoms with Gasteiger partial charge in [0.1, 0.15) is 6.10 Å². The molecule has 2 fully saturated rings. The average Bonchev–Trinajstić information content (AvgIpc) is 2.77. The summed E-state index contributed by atoms with van der Waals surface area (Å²) in [7, 11) is 0. The molecule has 2 heterocycles.